The third kappa shape index (κ3) is 6.82. The molecule has 4 heteroatoms. The van der Waals surface area contributed by atoms with Gasteiger partial charge >= 0.3 is 0 Å². The summed E-state index contributed by atoms with van der Waals surface area (Å²) in [6.45, 7) is 6.23. The summed E-state index contributed by atoms with van der Waals surface area (Å²) in [7, 11) is 2.05. The van der Waals surface area contributed by atoms with Crippen LogP contribution in [0.3, 0.4) is 0 Å². The Morgan fingerprint density at radius 2 is 2.11 bits per heavy atom. The number of carbonyl (C=O) groups excluding carboxylic acids is 1. The van der Waals surface area contributed by atoms with Gasteiger partial charge in [-0.05, 0) is 44.1 Å². The first-order valence-corrected chi connectivity index (χ1v) is 6.81. The summed E-state index contributed by atoms with van der Waals surface area (Å²) in [6.07, 6.45) is 1.66. The Kier molecular flexibility index (Phi) is 6.36. The van der Waals surface area contributed by atoms with Crippen molar-refractivity contribution in [1.82, 2.24) is 4.90 Å². The first-order chi connectivity index (χ1) is 8.97. The number of rotatable bonds is 7. The summed E-state index contributed by atoms with van der Waals surface area (Å²) in [4.78, 5) is 14.0. The monoisotopic (exact) mass is 263 g/mol. The fourth-order valence-corrected chi connectivity index (χ4v) is 1.72. The zero-order chi connectivity index (χ0) is 14.3. The summed E-state index contributed by atoms with van der Waals surface area (Å²) >= 11 is 0. The molecule has 0 saturated carbocycles. The molecule has 0 radical (unpaired) electrons. The van der Waals surface area contributed by atoms with E-state index in [1.807, 2.05) is 12.1 Å². The normalized spacial score (nSPS) is 11.0. The Hall–Kier alpha value is -1.55. The molecule has 1 aromatic carbocycles. The lowest BCUT2D eigenvalue weighted by molar-refractivity contribution is -0.116. The van der Waals surface area contributed by atoms with Crippen LogP contribution in [-0.4, -0.2) is 30.9 Å². The Labute approximate surface area is 116 Å². The minimum atomic E-state index is 0.0296. The van der Waals surface area contributed by atoms with Crippen LogP contribution in [0.25, 0.3) is 0 Å². The zero-order valence-corrected chi connectivity index (χ0v) is 12.1. The quantitative estimate of drug-likeness (QED) is 0.743. The molecule has 1 aromatic rings. The molecule has 4 nitrogen and oxygen atoms in total. The highest BCUT2D eigenvalue weighted by molar-refractivity contribution is 5.91. The largest absolute Gasteiger partial charge is 0.399 e. The summed E-state index contributed by atoms with van der Waals surface area (Å²) in [6, 6.07) is 7.24. The number of amides is 1. The van der Waals surface area contributed by atoms with Crippen LogP contribution in [0.15, 0.2) is 24.3 Å². The number of benzene rings is 1. The van der Waals surface area contributed by atoms with Gasteiger partial charge in [0.05, 0.1) is 0 Å². The van der Waals surface area contributed by atoms with E-state index in [1.54, 1.807) is 12.1 Å². The molecule has 0 heterocycles. The molecule has 19 heavy (non-hydrogen) atoms. The molecule has 0 unspecified atom stereocenters. The van der Waals surface area contributed by atoms with Crippen molar-refractivity contribution in [2.75, 3.05) is 31.2 Å². The third-order valence-electron chi connectivity index (χ3n) is 2.98. The van der Waals surface area contributed by atoms with Crippen molar-refractivity contribution in [1.29, 1.82) is 0 Å². The van der Waals surface area contributed by atoms with Gasteiger partial charge < -0.3 is 16.0 Å². The van der Waals surface area contributed by atoms with E-state index in [0.29, 0.717) is 18.0 Å². The van der Waals surface area contributed by atoms with Gasteiger partial charge in [0.2, 0.25) is 5.91 Å². The second-order valence-corrected chi connectivity index (χ2v) is 5.41. The lowest BCUT2D eigenvalue weighted by atomic mass is 10.1. The summed E-state index contributed by atoms with van der Waals surface area (Å²) in [5.74, 6) is 0.727. The maximum Gasteiger partial charge on any atom is 0.225 e. The number of nitrogens with zero attached hydrogens (tertiary/aromatic N) is 1. The van der Waals surface area contributed by atoms with Crippen LogP contribution in [-0.2, 0) is 4.79 Å². The van der Waals surface area contributed by atoms with Crippen LogP contribution in [0, 0.1) is 5.92 Å². The second-order valence-electron chi connectivity index (χ2n) is 5.41. The summed E-state index contributed by atoms with van der Waals surface area (Å²) < 4.78 is 0. The van der Waals surface area contributed by atoms with Crippen molar-refractivity contribution in [3.63, 3.8) is 0 Å². The van der Waals surface area contributed by atoms with Crippen molar-refractivity contribution in [2.45, 2.75) is 26.7 Å². The smallest absolute Gasteiger partial charge is 0.225 e. The van der Waals surface area contributed by atoms with Gasteiger partial charge in [-0.25, -0.2) is 0 Å². The number of nitrogens with two attached hydrogens (primary N) is 1. The zero-order valence-electron chi connectivity index (χ0n) is 12.1. The Morgan fingerprint density at radius 1 is 1.37 bits per heavy atom. The standard InChI is InChI=1S/C15H25N3O/c1-12(2)7-9-18(3)10-8-15(19)17-14-6-4-5-13(16)11-14/h4-6,11-12H,7-10,16H2,1-3H3,(H,17,19). The molecule has 0 spiro atoms. The molecule has 106 valence electrons. The van der Waals surface area contributed by atoms with Crippen LogP contribution < -0.4 is 11.1 Å². The maximum atomic E-state index is 11.8. The van der Waals surface area contributed by atoms with Gasteiger partial charge in [0.15, 0.2) is 0 Å². The number of anilines is 2. The van der Waals surface area contributed by atoms with Crippen LogP contribution in [0.1, 0.15) is 26.7 Å². The van der Waals surface area contributed by atoms with Gasteiger partial charge in [0.1, 0.15) is 0 Å². The van der Waals surface area contributed by atoms with Gasteiger partial charge in [-0.15, -0.1) is 0 Å². The average molecular weight is 263 g/mol. The fraction of sp³-hybridized carbons (Fsp3) is 0.533. The number of nitrogens with one attached hydrogen (secondary N) is 1. The molecule has 0 atom stereocenters. The van der Waals surface area contributed by atoms with E-state index in [9.17, 15) is 4.79 Å². The van der Waals surface area contributed by atoms with E-state index >= 15 is 0 Å². The van der Waals surface area contributed by atoms with Crippen molar-refractivity contribution < 1.29 is 4.79 Å². The molecule has 0 aliphatic rings. The minimum absolute atomic E-state index is 0.0296. The minimum Gasteiger partial charge on any atom is -0.399 e. The molecule has 0 aromatic heterocycles. The molecular weight excluding hydrogens is 238 g/mol. The van der Waals surface area contributed by atoms with E-state index in [1.165, 1.54) is 0 Å². The molecular formula is C15H25N3O. The van der Waals surface area contributed by atoms with Gasteiger partial charge in [-0.1, -0.05) is 19.9 Å². The SMILES string of the molecule is CC(C)CCN(C)CCC(=O)Nc1cccc(N)c1. The Balaban J connectivity index is 2.28. The third-order valence-corrected chi connectivity index (χ3v) is 2.98. The second kappa shape index (κ2) is 7.79. The molecule has 0 aliphatic carbocycles. The number of carbonyl (C=O) groups is 1. The summed E-state index contributed by atoms with van der Waals surface area (Å²) in [5.41, 5.74) is 7.08. The molecule has 0 aliphatic heterocycles. The number of nitrogen functional groups attached to an aromatic ring is 1. The molecule has 0 saturated heterocycles. The Bertz CT molecular complexity index is 404. The van der Waals surface area contributed by atoms with Crippen LogP contribution in [0.5, 0.6) is 0 Å². The molecule has 0 bridgehead atoms. The average Bonchev–Trinajstić information content (AvgIpc) is 2.34. The number of hydrogen-bond donors (Lipinski definition) is 2. The predicted molar refractivity (Wildman–Crippen MR) is 81.1 cm³/mol. The van der Waals surface area contributed by atoms with E-state index in [2.05, 4.69) is 31.1 Å². The topological polar surface area (TPSA) is 58.4 Å². The van der Waals surface area contributed by atoms with Crippen LogP contribution in [0.2, 0.25) is 0 Å². The van der Waals surface area contributed by atoms with E-state index in [-0.39, 0.29) is 5.91 Å². The first kappa shape index (κ1) is 15.5. The van der Waals surface area contributed by atoms with Gasteiger partial charge in [-0.2, -0.15) is 0 Å². The van der Waals surface area contributed by atoms with E-state index in [4.69, 9.17) is 5.73 Å². The van der Waals surface area contributed by atoms with Crippen molar-refractivity contribution in [3.05, 3.63) is 24.3 Å². The first-order valence-electron chi connectivity index (χ1n) is 6.81. The molecule has 1 rings (SSSR count). The highest BCUT2D eigenvalue weighted by Crippen LogP contribution is 2.12. The van der Waals surface area contributed by atoms with Crippen LogP contribution in [0.4, 0.5) is 11.4 Å². The number of hydrogen-bond acceptors (Lipinski definition) is 3. The lowest BCUT2D eigenvalue weighted by Gasteiger charge is -2.17. The Morgan fingerprint density at radius 3 is 2.74 bits per heavy atom. The maximum absolute atomic E-state index is 11.8. The van der Waals surface area contributed by atoms with Crippen LogP contribution >= 0.6 is 0 Å². The molecule has 1 amide bonds. The highest BCUT2D eigenvalue weighted by atomic mass is 16.1. The summed E-state index contributed by atoms with van der Waals surface area (Å²) in [5, 5.41) is 2.86. The predicted octanol–water partition coefficient (Wildman–Crippen LogP) is 2.58. The molecule has 0 fully saturated rings. The van der Waals surface area contributed by atoms with Gasteiger partial charge in [0, 0.05) is 24.3 Å². The lowest BCUT2D eigenvalue weighted by Crippen LogP contribution is -2.26. The van der Waals surface area contributed by atoms with Crippen molar-refractivity contribution >= 4 is 17.3 Å². The van der Waals surface area contributed by atoms with E-state index < -0.39 is 0 Å². The van der Waals surface area contributed by atoms with Gasteiger partial charge in [-0.3, -0.25) is 4.79 Å². The van der Waals surface area contributed by atoms with Crippen molar-refractivity contribution in [2.24, 2.45) is 5.92 Å². The van der Waals surface area contributed by atoms with Gasteiger partial charge in [0.25, 0.3) is 0 Å². The highest BCUT2D eigenvalue weighted by Gasteiger charge is 2.06. The van der Waals surface area contributed by atoms with E-state index in [0.717, 1.165) is 25.2 Å². The van der Waals surface area contributed by atoms with Crippen molar-refractivity contribution in [3.8, 4) is 0 Å². The fourth-order valence-electron chi connectivity index (χ4n) is 1.72. The molecule has 3 N–H and O–H groups in total.